The lowest BCUT2D eigenvalue weighted by molar-refractivity contribution is -0.157. The first-order valence-corrected chi connectivity index (χ1v) is 8.95. The van der Waals surface area contributed by atoms with Crippen LogP contribution in [0, 0.1) is 29.1 Å². The maximum Gasteiger partial charge on any atom is 0.309 e. The molecule has 0 saturated heterocycles. The number of esters is 1. The summed E-state index contributed by atoms with van der Waals surface area (Å²) in [6.07, 6.45) is 7.04. The second kappa shape index (κ2) is 6.92. The summed E-state index contributed by atoms with van der Waals surface area (Å²) in [7, 11) is 0. The van der Waals surface area contributed by atoms with Crippen LogP contribution in [0.5, 0.6) is 0 Å². The Bertz CT molecular complexity index is 558. The number of carbonyl (C=O) groups is 3. The van der Waals surface area contributed by atoms with Crippen LogP contribution >= 0.6 is 0 Å². The van der Waals surface area contributed by atoms with E-state index in [2.05, 4.69) is 11.4 Å². The summed E-state index contributed by atoms with van der Waals surface area (Å²) in [6.45, 7) is -0.345. The zero-order valence-corrected chi connectivity index (χ0v) is 13.9. The van der Waals surface area contributed by atoms with Gasteiger partial charge in [0, 0.05) is 11.8 Å². The van der Waals surface area contributed by atoms with Crippen LogP contribution in [0.25, 0.3) is 0 Å². The van der Waals surface area contributed by atoms with Crippen LogP contribution in [0.3, 0.4) is 0 Å². The Kier molecular flexibility index (Phi) is 4.88. The lowest BCUT2D eigenvalue weighted by Gasteiger charge is -2.36. The normalized spacial score (nSPS) is 31.1. The van der Waals surface area contributed by atoms with Gasteiger partial charge in [-0.3, -0.25) is 14.4 Å². The third-order valence-electron chi connectivity index (χ3n) is 5.78. The number of amides is 1. The summed E-state index contributed by atoms with van der Waals surface area (Å²) in [5, 5.41) is 12.0. The van der Waals surface area contributed by atoms with Gasteiger partial charge in [0.05, 0.1) is 12.0 Å². The van der Waals surface area contributed by atoms with Gasteiger partial charge in [-0.2, -0.15) is 5.26 Å². The van der Waals surface area contributed by atoms with Gasteiger partial charge in [0.2, 0.25) is 0 Å². The van der Waals surface area contributed by atoms with Crippen molar-refractivity contribution in [1.29, 1.82) is 5.26 Å². The Hall–Kier alpha value is -1.90. The predicted molar refractivity (Wildman–Crippen MR) is 84.5 cm³/mol. The summed E-state index contributed by atoms with van der Waals surface area (Å²) in [6, 6.07) is 2.18. The topological polar surface area (TPSA) is 96.3 Å². The minimum Gasteiger partial charge on any atom is -0.455 e. The monoisotopic (exact) mass is 332 g/mol. The van der Waals surface area contributed by atoms with Crippen molar-refractivity contribution in [2.75, 3.05) is 6.61 Å². The summed E-state index contributed by atoms with van der Waals surface area (Å²) in [4.78, 5) is 36.3. The first-order valence-electron chi connectivity index (χ1n) is 8.95. The van der Waals surface area contributed by atoms with E-state index in [1.807, 2.05) is 0 Å². The van der Waals surface area contributed by atoms with Crippen molar-refractivity contribution in [2.45, 2.75) is 63.3 Å². The summed E-state index contributed by atoms with van der Waals surface area (Å²) in [5.41, 5.74) is -0.794. The Morgan fingerprint density at radius 2 is 1.79 bits per heavy atom. The number of nitrogens with zero attached hydrogens (tertiary/aromatic N) is 1. The van der Waals surface area contributed by atoms with Gasteiger partial charge in [0.15, 0.2) is 6.61 Å². The fraction of sp³-hybridized carbons (Fsp3) is 0.778. The molecule has 1 amide bonds. The number of nitriles is 1. The molecule has 3 aliphatic carbocycles. The molecule has 0 aromatic carbocycles. The highest BCUT2D eigenvalue weighted by molar-refractivity contribution is 5.88. The van der Waals surface area contributed by atoms with Gasteiger partial charge in [0.25, 0.3) is 5.91 Å². The van der Waals surface area contributed by atoms with E-state index >= 15 is 0 Å². The van der Waals surface area contributed by atoms with Crippen molar-refractivity contribution in [3.05, 3.63) is 0 Å². The van der Waals surface area contributed by atoms with Crippen molar-refractivity contribution in [1.82, 2.24) is 5.32 Å². The Morgan fingerprint density at radius 1 is 1.17 bits per heavy atom. The molecule has 24 heavy (non-hydrogen) atoms. The van der Waals surface area contributed by atoms with Gasteiger partial charge in [0.1, 0.15) is 11.3 Å². The van der Waals surface area contributed by atoms with Crippen molar-refractivity contribution in [2.24, 2.45) is 17.8 Å². The molecular formula is C18H24N2O4. The number of Topliss-reactive ketones (excluding diaryl/α,β-unsaturated/α-hetero) is 1. The number of fused-ring (bicyclic) bond motifs is 2. The fourth-order valence-corrected chi connectivity index (χ4v) is 4.47. The molecule has 0 heterocycles. The molecule has 2 bridgehead atoms. The predicted octanol–water partition coefficient (Wildman–Crippen LogP) is 1.88. The Labute approximate surface area is 141 Å². The zero-order valence-electron chi connectivity index (χ0n) is 13.9. The van der Waals surface area contributed by atoms with Crippen LogP contribution in [-0.4, -0.2) is 29.8 Å². The van der Waals surface area contributed by atoms with Crippen LogP contribution in [0.4, 0.5) is 0 Å². The molecule has 6 heteroatoms. The molecule has 3 rings (SSSR count). The molecule has 0 aliphatic heterocycles. The average Bonchev–Trinajstić information content (AvgIpc) is 3.01. The van der Waals surface area contributed by atoms with E-state index in [0.717, 1.165) is 32.1 Å². The number of ether oxygens (including phenoxy) is 1. The van der Waals surface area contributed by atoms with E-state index in [9.17, 15) is 19.6 Å². The lowest BCUT2D eigenvalue weighted by atomic mass is 9.67. The maximum absolute atomic E-state index is 12.2. The van der Waals surface area contributed by atoms with Gasteiger partial charge >= 0.3 is 5.97 Å². The highest BCUT2D eigenvalue weighted by atomic mass is 16.5. The van der Waals surface area contributed by atoms with E-state index in [4.69, 9.17) is 4.74 Å². The number of nitrogens with one attached hydrogen (secondary N) is 1. The van der Waals surface area contributed by atoms with Crippen LogP contribution in [-0.2, 0) is 19.1 Å². The fourth-order valence-electron chi connectivity index (χ4n) is 4.47. The maximum atomic E-state index is 12.2. The van der Waals surface area contributed by atoms with Crippen molar-refractivity contribution < 1.29 is 19.1 Å². The highest BCUT2D eigenvalue weighted by Crippen LogP contribution is 2.40. The van der Waals surface area contributed by atoms with E-state index in [1.54, 1.807) is 0 Å². The molecule has 0 unspecified atom stereocenters. The van der Waals surface area contributed by atoms with Crippen LogP contribution in [0.15, 0.2) is 0 Å². The number of hydrogen-bond acceptors (Lipinski definition) is 5. The molecule has 3 aliphatic rings. The Morgan fingerprint density at radius 3 is 2.38 bits per heavy atom. The molecule has 1 N–H and O–H groups in total. The van der Waals surface area contributed by atoms with Gasteiger partial charge in [-0.05, 0) is 51.4 Å². The molecular weight excluding hydrogens is 308 g/mol. The minimum atomic E-state index is -0.794. The molecule has 0 radical (unpaired) electrons. The summed E-state index contributed by atoms with van der Waals surface area (Å²) in [5.74, 6) is -0.790. The third-order valence-corrected chi connectivity index (χ3v) is 5.78. The molecule has 0 spiro atoms. The summed E-state index contributed by atoms with van der Waals surface area (Å²) >= 11 is 0. The van der Waals surface area contributed by atoms with Crippen molar-refractivity contribution >= 4 is 17.7 Å². The molecule has 3 saturated carbocycles. The molecule has 0 aromatic rings. The molecule has 0 aromatic heterocycles. The smallest absolute Gasteiger partial charge is 0.309 e. The first-order chi connectivity index (χ1) is 11.5. The van der Waals surface area contributed by atoms with Crippen molar-refractivity contribution in [3.8, 4) is 6.07 Å². The average molecular weight is 332 g/mol. The second-order valence-corrected chi connectivity index (χ2v) is 7.45. The van der Waals surface area contributed by atoms with Gasteiger partial charge < -0.3 is 10.1 Å². The number of rotatable bonds is 4. The van der Waals surface area contributed by atoms with Crippen LogP contribution in [0.2, 0.25) is 0 Å². The van der Waals surface area contributed by atoms with Gasteiger partial charge in [-0.25, -0.2) is 0 Å². The SMILES string of the molecule is N#CC1(NC(=O)COC(=O)C2C[C@@H]3CCC[C@@H](C2)C3=O)CCCC1. The number of ketones is 1. The van der Waals surface area contributed by atoms with E-state index in [-0.39, 0.29) is 30.3 Å². The molecule has 2 atom stereocenters. The zero-order chi connectivity index (χ0) is 17.2. The molecule has 6 nitrogen and oxygen atoms in total. The van der Waals surface area contributed by atoms with Gasteiger partial charge in [-0.15, -0.1) is 0 Å². The van der Waals surface area contributed by atoms with Crippen LogP contribution < -0.4 is 5.32 Å². The van der Waals surface area contributed by atoms with E-state index in [1.165, 1.54) is 0 Å². The van der Waals surface area contributed by atoms with E-state index < -0.39 is 11.4 Å². The largest absolute Gasteiger partial charge is 0.455 e. The highest BCUT2D eigenvalue weighted by Gasteiger charge is 2.42. The van der Waals surface area contributed by atoms with Crippen molar-refractivity contribution in [3.63, 3.8) is 0 Å². The second-order valence-electron chi connectivity index (χ2n) is 7.45. The third kappa shape index (κ3) is 3.45. The number of hydrogen-bond donors (Lipinski definition) is 1. The molecule has 130 valence electrons. The number of carbonyl (C=O) groups excluding carboxylic acids is 3. The molecule has 3 fully saturated rings. The quantitative estimate of drug-likeness (QED) is 0.793. The lowest BCUT2D eigenvalue weighted by Crippen LogP contribution is -2.47. The van der Waals surface area contributed by atoms with Gasteiger partial charge in [-0.1, -0.05) is 6.42 Å². The van der Waals surface area contributed by atoms with E-state index in [0.29, 0.717) is 31.5 Å². The summed E-state index contributed by atoms with van der Waals surface area (Å²) < 4.78 is 5.17. The minimum absolute atomic E-state index is 0.00998. The van der Waals surface area contributed by atoms with Crippen LogP contribution in [0.1, 0.15) is 57.8 Å². The standard InChI is InChI=1S/C18H24N2O4/c19-11-18(6-1-2-7-18)20-15(21)10-24-17(23)14-8-12-4-3-5-13(9-14)16(12)22/h12-14H,1-10H2,(H,20,21)/t12-,13-/m0/s1. The Balaban J connectivity index is 1.48. The first kappa shape index (κ1) is 16.9.